The van der Waals surface area contributed by atoms with Crippen molar-refractivity contribution in [2.24, 2.45) is 0 Å². The van der Waals surface area contributed by atoms with Gasteiger partial charge in [0.25, 0.3) is 5.91 Å². The van der Waals surface area contributed by atoms with Gasteiger partial charge in [0.2, 0.25) is 0 Å². The maximum absolute atomic E-state index is 12.7. The number of ether oxygens (including phenoxy) is 1. The number of carbonyl (C=O) groups is 2. The van der Waals surface area contributed by atoms with E-state index in [-0.39, 0.29) is 11.3 Å². The number of carboxylic acid groups (broad SMARTS) is 1. The summed E-state index contributed by atoms with van der Waals surface area (Å²) in [4.78, 5) is 25.2. The highest BCUT2D eigenvalue weighted by Gasteiger charge is 2.33. The van der Waals surface area contributed by atoms with E-state index in [0.29, 0.717) is 9.99 Å². The standard InChI is InChI=1S/C17H11BrF3N3O4/c1-23(15(25)9-4-5-24-13(6-9)12(18)8-22-24)10-2-3-14(28-17(19,20)21)11(7-10)16(26)27/h2-8H,1H3,(H,26,27). The minimum Gasteiger partial charge on any atom is -0.478 e. The zero-order chi connectivity index (χ0) is 20.6. The highest BCUT2D eigenvalue weighted by Crippen LogP contribution is 2.30. The van der Waals surface area contributed by atoms with Gasteiger partial charge >= 0.3 is 12.3 Å². The molecule has 0 saturated carbocycles. The van der Waals surface area contributed by atoms with Crippen molar-refractivity contribution >= 4 is 39.0 Å². The summed E-state index contributed by atoms with van der Waals surface area (Å²) in [5.74, 6) is -2.97. The topological polar surface area (TPSA) is 84.1 Å². The molecule has 0 saturated heterocycles. The van der Waals surface area contributed by atoms with Crippen molar-refractivity contribution in [3.05, 3.63) is 58.3 Å². The highest BCUT2D eigenvalue weighted by atomic mass is 79.9. The summed E-state index contributed by atoms with van der Waals surface area (Å²) in [5, 5.41) is 13.2. The fraction of sp³-hybridized carbons (Fsp3) is 0.118. The molecule has 2 heterocycles. The van der Waals surface area contributed by atoms with Gasteiger partial charge in [0.15, 0.2) is 0 Å². The van der Waals surface area contributed by atoms with Crippen LogP contribution in [0, 0.1) is 0 Å². The first-order valence-corrected chi connectivity index (χ1v) is 8.40. The number of fused-ring (bicyclic) bond motifs is 1. The van der Waals surface area contributed by atoms with Gasteiger partial charge < -0.3 is 14.7 Å². The zero-order valence-electron chi connectivity index (χ0n) is 14.1. The van der Waals surface area contributed by atoms with Crippen molar-refractivity contribution in [2.75, 3.05) is 11.9 Å². The normalized spacial score (nSPS) is 11.5. The van der Waals surface area contributed by atoms with E-state index in [1.54, 1.807) is 23.0 Å². The smallest absolute Gasteiger partial charge is 0.478 e. The summed E-state index contributed by atoms with van der Waals surface area (Å²) >= 11 is 3.31. The molecule has 0 aliphatic rings. The van der Waals surface area contributed by atoms with Crippen LogP contribution in [0.25, 0.3) is 5.52 Å². The number of benzene rings is 1. The third-order valence-corrected chi connectivity index (χ3v) is 4.44. The van der Waals surface area contributed by atoms with Crippen LogP contribution in [0.15, 0.2) is 47.2 Å². The van der Waals surface area contributed by atoms with E-state index < -0.39 is 29.6 Å². The number of amides is 1. The highest BCUT2D eigenvalue weighted by molar-refractivity contribution is 9.10. The Kier molecular flexibility index (Phi) is 5.02. The summed E-state index contributed by atoms with van der Waals surface area (Å²) in [6.45, 7) is 0. The number of aromatic nitrogens is 2. The van der Waals surface area contributed by atoms with Crippen LogP contribution in [-0.4, -0.2) is 40.0 Å². The van der Waals surface area contributed by atoms with Crippen molar-refractivity contribution in [3.63, 3.8) is 0 Å². The molecule has 7 nitrogen and oxygen atoms in total. The molecule has 0 radical (unpaired) electrons. The van der Waals surface area contributed by atoms with E-state index in [9.17, 15) is 27.9 Å². The lowest BCUT2D eigenvalue weighted by Crippen LogP contribution is -2.27. The Hall–Kier alpha value is -3.08. The van der Waals surface area contributed by atoms with Crippen molar-refractivity contribution in [2.45, 2.75) is 6.36 Å². The third-order valence-electron chi connectivity index (χ3n) is 3.83. The number of carbonyl (C=O) groups excluding carboxylic acids is 1. The molecule has 11 heteroatoms. The van der Waals surface area contributed by atoms with Gasteiger partial charge in [0, 0.05) is 24.5 Å². The Morgan fingerprint density at radius 2 is 1.96 bits per heavy atom. The van der Waals surface area contributed by atoms with Crippen LogP contribution in [0.5, 0.6) is 5.75 Å². The molecule has 0 atom stereocenters. The molecular weight excluding hydrogens is 447 g/mol. The predicted octanol–water partition coefficient (Wildman–Crippen LogP) is 3.97. The van der Waals surface area contributed by atoms with Gasteiger partial charge in [-0.2, -0.15) is 5.10 Å². The summed E-state index contributed by atoms with van der Waals surface area (Å²) in [5.41, 5.74) is 0.288. The minimum absolute atomic E-state index is 0.0874. The van der Waals surface area contributed by atoms with E-state index in [0.717, 1.165) is 17.0 Å². The largest absolute Gasteiger partial charge is 0.573 e. The van der Waals surface area contributed by atoms with E-state index in [1.165, 1.54) is 19.2 Å². The molecule has 28 heavy (non-hydrogen) atoms. The van der Waals surface area contributed by atoms with Crippen LogP contribution in [0.4, 0.5) is 18.9 Å². The lowest BCUT2D eigenvalue weighted by atomic mass is 10.1. The molecule has 0 fully saturated rings. The van der Waals surface area contributed by atoms with Gasteiger partial charge in [0.05, 0.1) is 16.2 Å². The summed E-state index contributed by atoms with van der Waals surface area (Å²) in [7, 11) is 1.38. The maximum atomic E-state index is 12.7. The number of pyridine rings is 1. The fourth-order valence-corrected chi connectivity index (χ4v) is 2.89. The first-order valence-electron chi connectivity index (χ1n) is 7.61. The Bertz CT molecular complexity index is 1080. The second-order valence-electron chi connectivity index (χ2n) is 5.64. The van der Waals surface area contributed by atoms with Crippen LogP contribution in [0.3, 0.4) is 0 Å². The summed E-state index contributed by atoms with van der Waals surface area (Å²) in [6.07, 6.45) is -1.91. The van der Waals surface area contributed by atoms with E-state index >= 15 is 0 Å². The fourth-order valence-electron chi connectivity index (χ4n) is 2.50. The second-order valence-corrected chi connectivity index (χ2v) is 6.49. The first-order chi connectivity index (χ1) is 13.1. The van der Waals surface area contributed by atoms with Gasteiger partial charge in [-0.15, -0.1) is 13.2 Å². The van der Waals surface area contributed by atoms with Crippen LogP contribution >= 0.6 is 15.9 Å². The number of hydrogen-bond acceptors (Lipinski definition) is 4. The van der Waals surface area contributed by atoms with Crippen LogP contribution in [-0.2, 0) is 0 Å². The number of anilines is 1. The minimum atomic E-state index is -5.04. The first kappa shape index (κ1) is 19.7. The van der Waals surface area contributed by atoms with Gasteiger partial charge in [-0.25, -0.2) is 9.31 Å². The Balaban J connectivity index is 1.95. The lowest BCUT2D eigenvalue weighted by molar-refractivity contribution is -0.274. The number of nitrogens with zero attached hydrogens (tertiary/aromatic N) is 3. The van der Waals surface area contributed by atoms with Crippen LogP contribution in [0.2, 0.25) is 0 Å². The molecule has 0 spiro atoms. The Morgan fingerprint density at radius 3 is 2.61 bits per heavy atom. The van der Waals surface area contributed by atoms with Crippen LogP contribution < -0.4 is 9.64 Å². The van der Waals surface area contributed by atoms with Crippen molar-refractivity contribution in [1.82, 2.24) is 9.61 Å². The van der Waals surface area contributed by atoms with Gasteiger partial charge in [-0.1, -0.05) is 0 Å². The molecule has 2 aromatic heterocycles. The average molecular weight is 458 g/mol. The lowest BCUT2D eigenvalue weighted by Gasteiger charge is -2.19. The molecule has 0 aliphatic heterocycles. The number of alkyl halides is 3. The number of halogens is 4. The Morgan fingerprint density at radius 1 is 1.25 bits per heavy atom. The number of hydrogen-bond donors (Lipinski definition) is 1. The van der Waals surface area contributed by atoms with Gasteiger partial charge in [-0.3, -0.25) is 4.79 Å². The van der Waals surface area contributed by atoms with Gasteiger partial charge in [-0.05, 0) is 46.3 Å². The molecule has 0 unspecified atom stereocenters. The van der Waals surface area contributed by atoms with E-state index in [1.807, 2.05) is 0 Å². The summed E-state index contributed by atoms with van der Waals surface area (Å²) < 4.78 is 43.3. The van der Waals surface area contributed by atoms with Crippen molar-refractivity contribution in [3.8, 4) is 5.75 Å². The molecule has 1 aromatic carbocycles. The molecule has 3 rings (SSSR count). The van der Waals surface area contributed by atoms with Crippen molar-refractivity contribution in [1.29, 1.82) is 0 Å². The second kappa shape index (κ2) is 7.15. The zero-order valence-corrected chi connectivity index (χ0v) is 15.7. The quantitative estimate of drug-likeness (QED) is 0.640. The molecule has 0 bridgehead atoms. The molecule has 1 amide bonds. The predicted molar refractivity (Wildman–Crippen MR) is 95.7 cm³/mol. The number of aromatic carboxylic acids is 1. The SMILES string of the molecule is CN(C(=O)c1ccn2ncc(Br)c2c1)c1ccc(OC(F)(F)F)c(C(=O)O)c1. The maximum Gasteiger partial charge on any atom is 0.573 e. The van der Waals surface area contributed by atoms with Gasteiger partial charge in [0.1, 0.15) is 11.3 Å². The van der Waals surface area contributed by atoms with Crippen LogP contribution in [0.1, 0.15) is 20.7 Å². The molecule has 0 aliphatic carbocycles. The average Bonchev–Trinajstić information content (AvgIpc) is 3.00. The molecule has 146 valence electrons. The third kappa shape index (κ3) is 3.93. The molecule has 3 aromatic rings. The van der Waals surface area contributed by atoms with Crippen molar-refractivity contribution < 1.29 is 32.6 Å². The summed E-state index contributed by atoms with van der Waals surface area (Å²) in [6, 6.07) is 6.06. The monoisotopic (exact) mass is 457 g/mol. The van der Waals surface area contributed by atoms with E-state index in [4.69, 9.17) is 0 Å². The Labute approximate surface area is 164 Å². The molecular formula is C17H11BrF3N3O4. The van der Waals surface area contributed by atoms with E-state index in [2.05, 4.69) is 25.8 Å². The number of rotatable bonds is 4. The molecule has 1 N–H and O–H groups in total. The number of carboxylic acids is 1.